The molecule has 0 fully saturated rings. The number of aryl methyl sites for hydroxylation is 1. The van der Waals surface area contributed by atoms with Gasteiger partial charge in [0.2, 0.25) is 5.91 Å². The highest BCUT2D eigenvalue weighted by atomic mass is 16.2. The molecule has 196 valence electrons. The summed E-state index contributed by atoms with van der Waals surface area (Å²) in [5, 5.41) is 7.01. The molecule has 4 aliphatic heterocycles. The lowest BCUT2D eigenvalue weighted by molar-refractivity contribution is -0.132. The standard InChI is InChI=1S/C29H32N6O3/c1-3-12-33(13-4-2)29(38)22-16-18-8-7-9-19-25(30-11-15-34(22)26(18)19)24-23(27(36)32-28(24)37)20-17-31-35-14-6-5-10-21(20)35/h7-9,11,15,17,22H,3-6,10,12-14,16H2,1-2H3,(H,32,36,37). The number of anilines is 1. The third-order valence-electron chi connectivity index (χ3n) is 7.82. The molecule has 0 saturated carbocycles. The Balaban J connectivity index is 1.45. The van der Waals surface area contributed by atoms with Crippen LogP contribution in [-0.4, -0.2) is 57.2 Å². The molecule has 1 aromatic heterocycles. The van der Waals surface area contributed by atoms with Gasteiger partial charge in [-0.05, 0) is 37.7 Å². The lowest BCUT2D eigenvalue weighted by Gasteiger charge is -2.30. The second kappa shape index (κ2) is 9.70. The fraction of sp³-hybridized carbons (Fsp3) is 0.414. The van der Waals surface area contributed by atoms with Crippen molar-refractivity contribution in [2.45, 2.75) is 65.0 Å². The van der Waals surface area contributed by atoms with Gasteiger partial charge < -0.3 is 9.80 Å². The number of fused-ring (bicyclic) bond motifs is 1. The van der Waals surface area contributed by atoms with Crippen LogP contribution in [0.25, 0.3) is 5.57 Å². The minimum Gasteiger partial charge on any atom is -0.341 e. The van der Waals surface area contributed by atoms with E-state index in [1.165, 1.54) is 0 Å². The van der Waals surface area contributed by atoms with E-state index in [2.05, 4.69) is 24.3 Å². The van der Waals surface area contributed by atoms with Crippen LogP contribution >= 0.6 is 0 Å². The topological polar surface area (TPSA) is 99.9 Å². The molecule has 4 aliphatic rings. The molecule has 1 unspecified atom stereocenters. The van der Waals surface area contributed by atoms with Crippen molar-refractivity contribution in [3.05, 3.63) is 64.8 Å². The first-order valence-electron chi connectivity index (χ1n) is 13.6. The predicted molar refractivity (Wildman–Crippen MR) is 144 cm³/mol. The Labute approximate surface area is 221 Å². The van der Waals surface area contributed by atoms with Gasteiger partial charge in [0.25, 0.3) is 11.8 Å². The normalized spacial score (nSPS) is 19.8. The van der Waals surface area contributed by atoms with Crippen LogP contribution in [-0.2, 0) is 33.8 Å². The first-order chi connectivity index (χ1) is 18.5. The van der Waals surface area contributed by atoms with Crippen molar-refractivity contribution in [1.29, 1.82) is 0 Å². The monoisotopic (exact) mass is 512 g/mol. The number of hydrogen-bond donors (Lipinski definition) is 1. The molecule has 1 aromatic carbocycles. The first kappa shape index (κ1) is 24.3. The van der Waals surface area contributed by atoms with Crippen LogP contribution in [0.3, 0.4) is 0 Å². The Morgan fingerprint density at radius 1 is 1.08 bits per heavy atom. The summed E-state index contributed by atoms with van der Waals surface area (Å²) >= 11 is 0. The van der Waals surface area contributed by atoms with E-state index < -0.39 is 11.8 Å². The molecular formula is C29H32N6O3. The largest absolute Gasteiger partial charge is 0.341 e. The van der Waals surface area contributed by atoms with Crippen LogP contribution in [0, 0.1) is 0 Å². The minimum atomic E-state index is -0.457. The number of hydrogen-bond acceptors (Lipinski definition) is 6. The van der Waals surface area contributed by atoms with Gasteiger partial charge in [0.15, 0.2) is 0 Å². The third kappa shape index (κ3) is 3.79. The number of carbonyl (C=O) groups is 3. The fourth-order valence-corrected chi connectivity index (χ4v) is 6.20. The summed E-state index contributed by atoms with van der Waals surface area (Å²) in [6.07, 6.45) is 10.4. The van der Waals surface area contributed by atoms with Crippen LogP contribution in [0.1, 0.15) is 61.9 Å². The van der Waals surface area contributed by atoms with Crippen molar-refractivity contribution in [2.75, 3.05) is 18.0 Å². The van der Waals surface area contributed by atoms with E-state index in [-0.39, 0.29) is 17.5 Å². The molecule has 2 aromatic rings. The maximum absolute atomic E-state index is 13.7. The van der Waals surface area contributed by atoms with Crippen molar-refractivity contribution in [3.63, 3.8) is 0 Å². The molecular weight excluding hydrogens is 480 g/mol. The SMILES string of the molecule is CCCN(CCC)C(=O)C1Cc2cccc3c2N1C=CN=C3C1=C(c2cnn3c2CCCC3)C(=O)NC1=O. The van der Waals surface area contributed by atoms with E-state index in [4.69, 9.17) is 4.99 Å². The second-order valence-electron chi connectivity index (χ2n) is 10.3. The summed E-state index contributed by atoms with van der Waals surface area (Å²) in [6, 6.07) is 5.52. The summed E-state index contributed by atoms with van der Waals surface area (Å²) in [5.41, 5.74) is 5.39. The van der Waals surface area contributed by atoms with Gasteiger partial charge in [-0.2, -0.15) is 5.10 Å². The smallest absolute Gasteiger partial charge is 0.261 e. The second-order valence-corrected chi connectivity index (χ2v) is 10.3. The molecule has 0 saturated heterocycles. The average Bonchev–Trinajstić information content (AvgIpc) is 3.54. The van der Waals surface area contributed by atoms with Crippen LogP contribution in [0.4, 0.5) is 5.69 Å². The van der Waals surface area contributed by atoms with E-state index in [0.717, 1.165) is 74.2 Å². The molecule has 0 bridgehead atoms. The predicted octanol–water partition coefficient (Wildman–Crippen LogP) is 2.98. The number of nitrogens with zero attached hydrogens (tertiary/aromatic N) is 5. The van der Waals surface area contributed by atoms with Gasteiger partial charge >= 0.3 is 0 Å². The Morgan fingerprint density at radius 3 is 2.66 bits per heavy atom. The van der Waals surface area contributed by atoms with E-state index in [1.54, 1.807) is 12.4 Å². The fourth-order valence-electron chi connectivity index (χ4n) is 6.20. The van der Waals surface area contributed by atoms with E-state index in [0.29, 0.717) is 23.3 Å². The van der Waals surface area contributed by atoms with Crippen LogP contribution < -0.4 is 10.2 Å². The molecule has 0 spiro atoms. The van der Waals surface area contributed by atoms with Gasteiger partial charge in [-0.15, -0.1) is 0 Å². The number of carbonyl (C=O) groups excluding carboxylic acids is 3. The average molecular weight is 513 g/mol. The highest BCUT2D eigenvalue weighted by molar-refractivity contribution is 6.48. The van der Waals surface area contributed by atoms with Gasteiger partial charge in [0.05, 0.1) is 28.7 Å². The van der Waals surface area contributed by atoms with E-state index in [1.807, 2.05) is 38.9 Å². The maximum Gasteiger partial charge on any atom is 0.261 e. The zero-order valence-corrected chi connectivity index (χ0v) is 21.9. The van der Waals surface area contributed by atoms with Crippen LogP contribution in [0.15, 0.2) is 47.4 Å². The van der Waals surface area contributed by atoms with Crippen molar-refractivity contribution >= 4 is 34.7 Å². The molecule has 9 heteroatoms. The molecule has 3 amide bonds. The lowest BCUT2D eigenvalue weighted by atomic mass is 9.92. The molecule has 0 radical (unpaired) electrons. The molecule has 9 nitrogen and oxygen atoms in total. The number of aromatic nitrogens is 2. The Bertz CT molecular complexity index is 1430. The zero-order chi connectivity index (χ0) is 26.4. The van der Waals surface area contributed by atoms with Gasteiger partial charge in [-0.3, -0.25) is 29.4 Å². The Hall–Kier alpha value is -4.01. The number of rotatable bonds is 7. The van der Waals surface area contributed by atoms with Crippen molar-refractivity contribution in [3.8, 4) is 0 Å². The summed E-state index contributed by atoms with van der Waals surface area (Å²) in [7, 11) is 0. The molecule has 38 heavy (non-hydrogen) atoms. The summed E-state index contributed by atoms with van der Waals surface area (Å²) in [4.78, 5) is 48.7. The number of para-hydroxylation sites is 1. The van der Waals surface area contributed by atoms with Crippen LogP contribution in [0.5, 0.6) is 0 Å². The number of benzene rings is 1. The van der Waals surface area contributed by atoms with Crippen molar-refractivity contribution in [2.24, 2.45) is 4.99 Å². The van der Waals surface area contributed by atoms with E-state index >= 15 is 0 Å². The summed E-state index contributed by atoms with van der Waals surface area (Å²) in [6.45, 7) is 6.42. The molecule has 6 rings (SSSR count). The van der Waals surface area contributed by atoms with Gasteiger partial charge in [0, 0.05) is 55.3 Å². The highest BCUT2D eigenvalue weighted by Crippen LogP contribution is 2.41. The highest BCUT2D eigenvalue weighted by Gasteiger charge is 2.42. The Kier molecular flexibility index (Phi) is 6.21. The quantitative estimate of drug-likeness (QED) is 0.575. The molecule has 0 aliphatic carbocycles. The summed E-state index contributed by atoms with van der Waals surface area (Å²) in [5.74, 6) is -0.777. The molecule has 5 heterocycles. The van der Waals surface area contributed by atoms with Gasteiger partial charge in [0.1, 0.15) is 6.04 Å². The lowest BCUT2D eigenvalue weighted by Crippen LogP contribution is -2.46. The van der Waals surface area contributed by atoms with Crippen molar-refractivity contribution < 1.29 is 14.4 Å². The number of imide groups is 1. The van der Waals surface area contributed by atoms with Crippen molar-refractivity contribution in [1.82, 2.24) is 20.0 Å². The van der Waals surface area contributed by atoms with Gasteiger partial charge in [-0.25, -0.2) is 0 Å². The first-order valence-corrected chi connectivity index (χ1v) is 13.6. The minimum absolute atomic E-state index is 0.101. The number of nitrogens with one attached hydrogen (secondary N) is 1. The maximum atomic E-state index is 13.7. The number of aliphatic imine (C=N–C) groups is 1. The summed E-state index contributed by atoms with van der Waals surface area (Å²) < 4.78 is 1.94. The molecule has 1 atom stereocenters. The number of amides is 3. The van der Waals surface area contributed by atoms with Gasteiger partial charge in [-0.1, -0.05) is 32.0 Å². The van der Waals surface area contributed by atoms with Crippen LogP contribution in [0.2, 0.25) is 0 Å². The Morgan fingerprint density at radius 2 is 1.87 bits per heavy atom. The van der Waals surface area contributed by atoms with E-state index in [9.17, 15) is 14.4 Å². The third-order valence-corrected chi connectivity index (χ3v) is 7.82. The molecule has 1 N–H and O–H groups in total. The zero-order valence-electron chi connectivity index (χ0n) is 21.9.